The Bertz CT molecular complexity index is 1080. The lowest BCUT2D eigenvalue weighted by atomic mass is 10.0. The number of hydrogen-bond donors (Lipinski definition) is 3. The van der Waals surface area contributed by atoms with E-state index < -0.39 is 12.1 Å². The summed E-state index contributed by atoms with van der Waals surface area (Å²) < 4.78 is 5.48. The minimum absolute atomic E-state index is 0.00315. The first-order valence-electron chi connectivity index (χ1n) is 31.1. The zero-order valence-electron chi connectivity index (χ0n) is 46.6. The van der Waals surface area contributed by atoms with Crippen LogP contribution < -0.4 is 5.32 Å². The van der Waals surface area contributed by atoms with Gasteiger partial charge in [0.25, 0.3) is 0 Å². The molecule has 0 aliphatic carbocycles. The molecular weight excluding hydrogens is 851 g/mol. The maximum atomic E-state index is 12.4. The standard InChI is InChI=1S/C63H121NO5/c1-3-5-7-9-11-13-15-16-17-30-33-37-41-45-49-53-57-63(68)69-58-54-50-46-42-38-34-31-28-26-24-22-20-18-19-21-23-25-27-29-32-36-40-44-48-52-56-62(67)64-60(59-65)61(66)55-51-47-43-39-35-14-12-10-8-6-4-2/h13,15,17,30,60-61,65-66H,3-12,14,16,18-29,31-59H2,1-2H3,(H,64,67)/b15-13-,30-17-. The quantitative estimate of drug-likeness (QED) is 0.0321. The first-order chi connectivity index (χ1) is 34.0. The molecule has 0 fully saturated rings. The summed E-state index contributed by atoms with van der Waals surface area (Å²) in [5, 5.41) is 23.2. The molecule has 0 radical (unpaired) electrons. The summed E-state index contributed by atoms with van der Waals surface area (Å²) >= 11 is 0. The molecule has 1 amide bonds. The van der Waals surface area contributed by atoms with Crippen molar-refractivity contribution in [2.24, 2.45) is 0 Å². The van der Waals surface area contributed by atoms with E-state index in [1.807, 2.05) is 0 Å². The molecule has 408 valence electrons. The number of carbonyl (C=O) groups is 2. The van der Waals surface area contributed by atoms with E-state index in [1.54, 1.807) is 0 Å². The van der Waals surface area contributed by atoms with Gasteiger partial charge in [0.2, 0.25) is 5.91 Å². The number of nitrogens with one attached hydrogen (secondary N) is 1. The summed E-state index contributed by atoms with van der Waals surface area (Å²) in [6.45, 7) is 4.94. The summed E-state index contributed by atoms with van der Waals surface area (Å²) in [6.07, 6.45) is 71.9. The fourth-order valence-corrected chi connectivity index (χ4v) is 9.73. The second-order valence-corrected chi connectivity index (χ2v) is 21.4. The maximum Gasteiger partial charge on any atom is 0.305 e. The Labute approximate surface area is 431 Å². The van der Waals surface area contributed by atoms with Gasteiger partial charge in [0, 0.05) is 12.8 Å². The van der Waals surface area contributed by atoms with Crippen LogP contribution in [0.15, 0.2) is 24.3 Å². The number of esters is 1. The molecule has 6 heteroatoms. The van der Waals surface area contributed by atoms with Crippen molar-refractivity contribution < 1.29 is 24.5 Å². The Morgan fingerprint density at radius 1 is 0.406 bits per heavy atom. The van der Waals surface area contributed by atoms with Crippen molar-refractivity contribution in [2.45, 2.75) is 353 Å². The predicted octanol–water partition coefficient (Wildman–Crippen LogP) is 19.4. The molecule has 0 aromatic heterocycles. The van der Waals surface area contributed by atoms with Gasteiger partial charge in [0.1, 0.15) is 0 Å². The number of hydrogen-bond acceptors (Lipinski definition) is 5. The molecule has 0 aromatic rings. The molecule has 0 spiro atoms. The summed E-state index contributed by atoms with van der Waals surface area (Å²) in [5.41, 5.74) is 0. The topological polar surface area (TPSA) is 95.9 Å². The molecule has 3 N–H and O–H groups in total. The molecule has 0 aliphatic heterocycles. The van der Waals surface area contributed by atoms with Gasteiger partial charge in [0.15, 0.2) is 0 Å². The average Bonchev–Trinajstić information content (AvgIpc) is 3.35. The molecule has 69 heavy (non-hydrogen) atoms. The SMILES string of the molecule is CCCCCC/C=C\C/C=C\CCCCCCCC(=O)OCCCCCCCCCCCCCCCCCCCCCCCCCCCC(=O)NC(CO)C(O)CCCCCCCCCCCCC. The van der Waals surface area contributed by atoms with Crippen molar-refractivity contribution >= 4 is 11.9 Å². The van der Waals surface area contributed by atoms with Crippen LogP contribution in [0.4, 0.5) is 0 Å². The number of allylic oxidation sites excluding steroid dienone is 4. The number of carbonyl (C=O) groups excluding carboxylic acids is 2. The van der Waals surface area contributed by atoms with Crippen LogP contribution in [-0.4, -0.2) is 47.4 Å². The highest BCUT2D eigenvalue weighted by atomic mass is 16.5. The largest absolute Gasteiger partial charge is 0.466 e. The van der Waals surface area contributed by atoms with Gasteiger partial charge in [-0.2, -0.15) is 0 Å². The zero-order chi connectivity index (χ0) is 50.0. The van der Waals surface area contributed by atoms with Gasteiger partial charge in [-0.3, -0.25) is 9.59 Å². The molecule has 0 saturated carbocycles. The molecule has 2 atom stereocenters. The number of aliphatic hydroxyl groups is 2. The van der Waals surface area contributed by atoms with Gasteiger partial charge in [0.05, 0.1) is 25.4 Å². The van der Waals surface area contributed by atoms with Crippen LogP contribution >= 0.6 is 0 Å². The Morgan fingerprint density at radius 3 is 1.12 bits per heavy atom. The summed E-state index contributed by atoms with van der Waals surface area (Å²) in [6, 6.07) is -0.538. The summed E-state index contributed by atoms with van der Waals surface area (Å²) in [7, 11) is 0. The highest BCUT2D eigenvalue weighted by Crippen LogP contribution is 2.18. The van der Waals surface area contributed by atoms with Crippen LogP contribution in [0.1, 0.15) is 341 Å². The lowest BCUT2D eigenvalue weighted by Gasteiger charge is -2.22. The van der Waals surface area contributed by atoms with E-state index in [9.17, 15) is 19.8 Å². The molecule has 0 aliphatic rings. The van der Waals surface area contributed by atoms with E-state index in [0.717, 1.165) is 51.4 Å². The van der Waals surface area contributed by atoms with Crippen LogP contribution in [0.3, 0.4) is 0 Å². The Hall–Kier alpha value is -1.66. The van der Waals surface area contributed by atoms with Crippen molar-refractivity contribution in [2.75, 3.05) is 13.2 Å². The normalized spacial score (nSPS) is 12.7. The van der Waals surface area contributed by atoms with Gasteiger partial charge >= 0.3 is 5.97 Å². The van der Waals surface area contributed by atoms with Crippen LogP contribution in [0.5, 0.6) is 0 Å². The number of ether oxygens (including phenoxy) is 1. The second kappa shape index (κ2) is 58.9. The number of rotatable bonds is 58. The highest BCUT2D eigenvalue weighted by Gasteiger charge is 2.20. The third-order valence-corrected chi connectivity index (χ3v) is 14.5. The Kier molecular flexibility index (Phi) is 57.5. The Balaban J connectivity index is 3.34. The number of amides is 1. The molecule has 0 rings (SSSR count). The van der Waals surface area contributed by atoms with Crippen molar-refractivity contribution in [1.29, 1.82) is 0 Å². The first kappa shape index (κ1) is 67.3. The Morgan fingerprint density at radius 2 is 0.725 bits per heavy atom. The summed E-state index contributed by atoms with van der Waals surface area (Å²) in [5.74, 6) is -0.0301. The van der Waals surface area contributed by atoms with Crippen molar-refractivity contribution in [3.63, 3.8) is 0 Å². The lowest BCUT2D eigenvalue weighted by molar-refractivity contribution is -0.143. The van der Waals surface area contributed by atoms with E-state index in [1.165, 1.54) is 257 Å². The number of unbranched alkanes of at least 4 members (excludes halogenated alkanes) is 43. The monoisotopic (exact) mass is 972 g/mol. The van der Waals surface area contributed by atoms with Gasteiger partial charge in [-0.05, 0) is 57.8 Å². The van der Waals surface area contributed by atoms with E-state index in [0.29, 0.717) is 25.9 Å². The van der Waals surface area contributed by atoms with Crippen LogP contribution in [0.25, 0.3) is 0 Å². The molecule has 0 aromatic carbocycles. The molecule has 6 nitrogen and oxygen atoms in total. The van der Waals surface area contributed by atoms with Gasteiger partial charge in [-0.25, -0.2) is 0 Å². The van der Waals surface area contributed by atoms with Crippen LogP contribution in [-0.2, 0) is 14.3 Å². The van der Waals surface area contributed by atoms with E-state index >= 15 is 0 Å². The second-order valence-electron chi connectivity index (χ2n) is 21.4. The molecule has 0 bridgehead atoms. The third kappa shape index (κ3) is 55.5. The molecular formula is C63H121NO5. The molecule has 0 heterocycles. The highest BCUT2D eigenvalue weighted by molar-refractivity contribution is 5.76. The first-order valence-corrected chi connectivity index (χ1v) is 31.1. The lowest BCUT2D eigenvalue weighted by Crippen LogP contribution is -2.45. The van der Waals surface area contributed by atoms with Gasteiger partial charge < -0.3 is 20.3 Å². The van der Waals surface area contributed by atoms with E-state index in [4.69, 9.17) is 4.74 Å². The zero-order valence-corrected chi connectivity index (χ0v) is 46.6. The van der Waals surface area contributed by atoms with E-state index in [2.05, 4.69) is 43.5 Å². The van der Waals surface area contributed by atoms with E-state index in [-0.39, 0.29) is 18.5 Å². The maximum absolute atomic E-state index is 12.4. The fourth-order valence-electron chi connectivity index (χ4n) is 9.73. The van der Waals surface area contributed by atoms with Crippen molar-refractivity contribution in [1.82, 2.24) is 5.32 Å². The van der Waals surface area contributed by atoms with Gasteiger partial charge in [-0.15, -0.1) is 0 Å². The minimum atomic E-state index is -0.661. The minimum Gasteiger partial charge on any atom is -0.466 e. The van der Waals surface area contributed by atoms with Crippen LogP contribution in [0, 0.1) is 0 Å². The predicted molar refractivity (Wildman–Crippen MR) is 301 cm³/mol. The van der Waals surface area contributed by atoms with Crippen molar-refractivity contribution in [3.8, 4) is 0 Å². The van der Waals surface area contributed by atoms with Crippen molar-refractivity contribution in [3.05, 3.63) is 24.3 Å². The molecule has 2 unspecified atom stereocenters. The molecule has 0 saturated heterocycles. The number of aliphatic hydroxyl groups excluding tert-OH is 2. The summed E-state index contributed by atoms with van der Waals surface area (Å²) in [4.78, 5) is 24.5. The average molecular weight is 973 g/mol. The van der Waals surface area contributed by atoms with Gasteiger partial charge in [-0.1, -0.05) is 295 Å². The fraction of sp³-hybridized carbons (Fsp3) is 0.905. The third-order valence-electron chi connectivity index (χ3n) is 14.5. The van der Waals surface area contributed by atoms with Crippen LogP contribution in [0.2, 0.25) is 0 Å². The smallest absolute Gasteiger partial charge is 0.305 e.